The van der Waals surface area contributed by atoms with Gasteiger partial charge in [-0.15, -0.1) is 0 Å². The minimum absolute atomic E-state index is 0.196. The number of aryl methyl sites for hydroxylation is 2. The predicted octanol–water partition coefficient (Wildman–Crippen LogP) is 2.39. The van der Waals surface area contributed by atoms with Gasteiger partial charge in [0.2, 0.25) is 0 Å². The topological polar surface area (TPSA) is 47.1 Å². The number of anilines is 1. The molecular formula is C16H28N4. The van der Waals surface area contributed by atoms with Gasteiger partial charge < -0.3 is 10.6 Å². The number of hydrogen-bond donors (Lipinski definition) is 1. The van der Waals surface area contributed by atoms with Gasteiger partial charge in [0.1, 0.15) is 5.82 Å². The molecule has 0 aromatic carbocycles. The monoisotopic (exact) mass is 276 g/mol. The Labute approximate surface area is 122 Å². The van der Waals surface area contributed by atoms with E-state index in [-0.39, 0.29) is 6.04 Å². The standard InChI is InChI=1S/C16H28N4/c1-11(17)10-14-12(2)18-19(3)16(14)20-9-8-13-6-4-5-7-15(13)20/h11,13,15H,4-10,17H2,1-3H3. The number of nitrogens with zero attached hydrogens (tertiary/aromatic N) is 3. The summed E-state index contributed by atoms with van der Waals surface area (Å²) in [5.41, 5.74) is 8.57. The molecule has 1 aliphatic carbocycles. The maximum Gasteiger partial charge on any atom is 0.130 e. The molecule has 1 saturated heterocycles. The molecule has 3 rings (SSSR count). The van der Waals surface area contributed by atoms with Crippen LogP contribution >= 0.6 is 0 Å². The van der Waals surface area contributed by atoms with E-state index in [1.807, 2.05) is 0 Å². The Bertz CT molecular complexity index is 477. The maximum absolute atomic E-state index is 6.05. The SMILES string of the molecule is Cc1nn(C)c(N2CCC3CCCCC32)c1CC(C)N. The van der Waals surface area contributed by atoms with Crippen LogP contribution in [0.15, 0.2) is 0 Å². The molecule has 3 unspecified atom stereocenters. The summed E-state index contributed by atoms with van der Waals surface area (Å²) in [6, 6.07) is 0.937. The van der Waals surface area contributed by atoms with Gasteiger partial charge >= 0.3 is 0 Å². The molecule has 2 fully saturated rings. The second-order valence-corrected chi connectivity index (χ2v) is 6.79. The van der Waals surface area contributed by atoms with E-state index in [0.717, 1.165) is 24.1 Å². The van der Waals surface area contributed by atoms with Crippen molar-refractivity contribution in [3.8, 4) is 0 Å². The average molecular weight is 276 g/mol. The zero-order valence-electron chi connectivity index (χ0n) is 13.1. The molecule has 1 aromatic heterocycles. The van der Waals surface area contributed by atoms with Gasteiger partial charge in [0.05, 0.1) is 5.69 Å². The van der Waals surface area contributed by atoms with E-state index in [0.29, 0.717) is 0 Å². The first-order chi connectivity index (χ1) is 9.58. The number of hydrogen-bond acceptors (Lipinski definition) is 3. The normalized spacial score (nSPS) is 27.7. The van der Waals surface area contributed by atoms with Crippen molar-refractivity contribution in [3.63, 3.8) is 0 Å². The summed E-state index contributed by atoms with van der Waals surface area (Å²) in [7, 11) is 2.09. The molecule has 1 saturated carbocycles. The number of rotatable bonds is 3. The van der Waals surface area contributed by atoms with E-state index < -0.39 is 0 Å². The molecule has 0 spiro atoms. The highest BCUT2D eigenvalue weighted by Crippen LogP contribution is 2.40. The Morgan fingerprint density at radius 2 is 2.05 bits per heavy atom. The molecule has 4 nitrogen and oxygen atoms in total. The van der Waals surface area contributed by atoms with Gasteiger partial charge in [-0.2, -0.15) is 5.10 Å². The minimum Gasteiger partial charge on any atom is -0.353 e. The Morgan fingerprint density at radius 1 is 1.30 bits per heavy atom. The zero-order chi connectivity index (χ0) is 14.3. The highest BCUT2D eigenvalue weighted by molar-refractivity contribution is 5.52. The largest absolute Gasteiger partial charge is 0.353 e. The first-order valence-electron chi connectivity index (χ1n) is 8.12. The second-order valence-electron chi connectivity index (χ2n) is 6.79. The van der Waals surface area contributed by atoms with Crippen LogP contribution in [-0.4, -0.2) is 28.4 Å². The lowest BCUT2D eigenvalue weighted by atomic mass is 9.85. The molecular weight excluding hydrogens is 248 g/mol. The van der Waals surface area contributed by atoms with E-state index in [2.05, 4.69) is 35.6 Å². The number of nitrogens with two attached hydrogens (primary N) is 1. The van der Waals surface area contributed by atoms with Gasteiger partial charge in [-0.05, 0) is 45.4 Å². The van der Waals surface area contributed by atoms with Crippen molar-refractivity contribution in [2.75, 3.05) is 11.4 Å². The smallest absolute Gasteiger partial charge is 0.130 e. The highest BCUT2D eigenvalue weighted by Gasteiger charge is 2.38. The lowest BCUT2D eigenvalue weighted by Crippen LogP contribution is -2.36. The van der Waals surface area contributed by atoms with Crippen LogP contribution in [0.1, 0.15) is 50.3 Å². The third-order valence-corrected chi connectivity index (χ3v) is 5.12. The van der Waals surface area contributed by atoms with Crippen molar-refractivity contribution in [1.29, 1.82) is 0 Å². The Morgan fingerprint density at radius 3 is 2.80 bits per heavy atom. The van der Waals surface area contributed by atoms with Gasteiger partial charge in [0.15, 0.2) is 0 Å². The first kappa shape index (κ1) is 13.9. The van der Waals surface area contributed by atoms with Gasteiger partial charge in [-0.1, -0.05) is 12.8 Å². The third kappa shape index (κ3) is 2.34. The zero-order valence-corrected chi connectivity index (χ0v) is 13.1. The quantitative estimate of drug-likeness (QED) is 0.922. The summed E-state index contributed by atoms with van der Waals surface area (Å²) in [6.07, 6.45) is 7.87. The van der Waals surface area contributed by atoms with Crippen LogP contribution in [0.25, 0.3) is 0 Å². The average Bonchev–Trinajstić information content (AvgIpc) is 2.92. The minimum atomic E-state index is 0.196. The van der Waals surface area contributed by atoms with Crippen LogP contribution < -0.4 is 10.6 Å². The van der Waals surface area contributed by atoms with Crippen molar-refractivity contribution >= 4 is 5.82 Å². The fourth-order valence-electron chi connectivity index (χ4n) is 4.28. The van der Waals surface area contributed by atoms with Crippen LogP contribution in [0.5, 0.6) is 0 Å². The second kappa shape index (κ2) is 5.40. The predicted molar refractivity (Wildman–Crippen MR) is 83.0 cm³/mol. The number of aromatic nitrogens is 2. The van der Waals surface area contributed by atoms with E-state index in [4.69, 9.17) is 5.73 Å². The molecule has 3 atom stereocenters. The lowest BCUT2D eigenvalue weighted by Gasteiger charge is -2.33. The Hall–Kier alpha value is -1.03. The summed E-state index contributed by atoms with van der Waals surface area (Å²) in [4.78, 5) is 2.64. The molecule has 2 N–H and O–H groups in total. The molecule has 112 valence electrons. The van der Waals surface area contributed by atoms with Gasteiger partial charge in [-0.3, -0.25) is 4.68 Å². The van der Waals surface area contributed by atoms with Crippen LogP contribution in [0.3, 0.4) is 0 Å². The molecule has 20 heavy (non-hydrogen) atoms. The lowest BCUT2D eigenvalue weighted by molar-refractivity contribution is 0.340. The van der Waals surface area contributed by atoms with E-state index in [1.165, 1.54) is 50.0 Å². The molecule has 4 heteroatoms. The summed E-state index contributed by atoms with van der Waals surface area (Å²) in [6.45, 7) is 5.40. The van der Waals surface area contributed by atoms with Gasteiger partial charge in [0, 0.05) is 31.2 Å². The molecule has 1 aromatic rings. The summed E-state index contributed by atoms with van der Waals surface area (Å²) >= 11 is 0. The number of fused-ring (bicyclic) bond motifs is 1. The van der Waals surface area contributed by atoms with Gasteiger partial charge in [-0.25, -0.2) is 0 Å². The summed E-state index contributed by atoms with van der Waals surface area (Å²) in [5, 5.41) is 4.67. The fraction of sp³-hybridized carbons (Fsp3) is 0.812. The van der Waals surface area contributed by atoms with Crippen molar-refractivity contribution in [2.24, 2.45) is 18.7 Å². The summed E-state index contributed by atoms with van der Waals surface area (Å²) in [5.74, 6) is 2.25. The van der Waals surface area contributed by atoms with Crippen LogP contribution in [0.4, 0.5) is 5.82 Å². The van der Waals surface area contributed by atoms with Crippen LogP contribution in [-0.2, 0) is 13.5 Å². The Balaban J connectivity index is 1.93. The first-order valence-corrected chi connectivity index (χ1v) is 8.12. The maximum atomic E-state index is 6.05. The molecule has 2 aliphatic rings. The fourth-order valence-corrected chi connectivity index (χ4v) is 4.28. The van der Waals surface area contributed by atoms with Crippen molar-refractivity contribution in [2.45, 2.75) is 64.5 Å². The molecule has 0 amide bonds. The van der Waals surface area contributed by atoms with Crippen LogP contribution in [0.2, 0.25) is 0 Å². The van der Waals surface area contributed by atoms with Crippen LogP contribution in [0, 0.1) is 12.8 Å². The van der Waals surface area contributed by atoms with Crippen molar-refractivity contribution < 1.29 is 0 Å². The summed E-state index contributed by atoms with van der Waals surface area (Å²) < 4.78 is 2.09. The molecule has 0 radical (unpaired) electrons. The van der Waals surface area contributed by atoms with Crippen molar-refractivity contribution in [3.05, 3.63) is 11.3 Å². The van der Waals surface area contributed by atoms with E-state index in [1.54, 1.807) is 0 Å². The van der Waals surface area contributed by atoms with E-state index in [9.17, 15) is 0 Å². The molecule has 0 bridgehead atoms. The van der Waals surface area contributed by atoms with Gasteiger partial charge in [0.25, 0.3) is 0 Å². The molecule has 1 aliphatic heterocycles. The third-order valence-electron chi connectivity index (χ3n) is 5.12. The molecule has 2 heterocycles. The van der Waals surface area contributed by atoms with E-state index >= 15 is 0 Å². The highest BCUT2D eigenvalue weighted by atomic mass is 15.4. The Kier molecular flexibility index (Phi) is 3.76. The van der Waals surface area contributed by atoms with Crippen molar-refractivity contribution in [1.82, 2.24) is 9.78 Å².